The Bertz CT molecular complexity index is 215. The molecule has 0 fully saturated rings. The van der Waals surface area contributed by atoms with Gasteiger partial charge in [-0.15, -0.1) is 5.92 Å². The molecule has 0 rings (SSSR count). The molecule has 0 radical (unpaired) electrons. The Hall–Kier alpha value is -1.05. The number of methoxy groups -OCH3 is 1. The van der Waals surface area contributed by atoms with Crippen LogP contribution in [0.1, 0.15) is 19.8 Å². The third-order valence-corrected chi connectivity index (χ3v) is 1.54. The van der Waals surface area contributed by atoms with Crippen LogP contribution in [0.25, 0.3) is 0 Å². The number of aliphatic hydroxyl groups excluding tert-OH is 1. The van der Waals surface area contributed by atoms with E-state index in [4.69, 9.17) is 10.8 Å². The summed E-state index contributed by atoms with van der Waals surface area (Å²) in [6, 6.07) is -0.356. The minimum Gasteiger partial charge on any atom is -0.468 e. The van der Waals surface area contributed by atoms with Gasteiger partial charge in [-0.2, -0.15) is 0 Å². The van der Waals surface area contributed by atoms with Crippen molar-refractivity contribution in [3.63, 3.8) is 0 Å². The summed E-state index contributed by atoms with van der Waals surface area (Å²) in [6.07, 6.45) is -0.120. The van der Waals surface area contributed by atoms with E-state index in [1.165, 1.54) is 7.11 Å². The van der Waals surface area contributed by atoms with Crippen LogP contribution in [0.5, 0.6) is 0 Å². The number of hydrogen-bond donors (Lipinski definition) is 2. The predicted octanol–water partition coefficient (Wildman–Crippen LogP) is -0.349. The summed E-state index contributed by atoms with van der Waals surface area (Å²) in [5, 5.41) is 8.99. The minimum absolute atomic E-state index is 0.0724. The van der Waals surface area contributed by atoms with Crippen molar-refractivity contribution in [2.24, 2.45) is 5.73 Å². The predicted molar refractivity (Wildman–Crippen MR) is 48.7 cm³/mol. The highest BCUT2D eigenvalue weighted by molar-refractivity contribution is 5.72. The van der Waals surface area contributed by atoms with Crippen molar-refractivity contribution in [3.05, 3.63) is 0 Å². The lowest BCUT2D eigenvalue weighted by Crippen LogP contribution is -2.31. The number of ether oxygens (including phenoxy) is 1. The monoisotopic (exact) mass is 185 g/mol. The average molecular weight is 185 g/mol. The molecule has 0 aromatic heterocycles. The molecule has 0 heterocycles. The van der Waals surface area contributed by atoms with Crippen LogP contribution in [0, 0.1) is 11.8 Å². The summed E-state index contributed by atoms with van der Waals surface area (Å²) in [7, 11) is 1.31. The number of carbonyl (C=O) groups excluding carboxylic acids is 1. The van der Waals surface area contributed by atoms with Crippen molar-refractivity contribution in [3.8, 4) is 11.8 Å². The maximum Gasteiger partial charge on any atom is 0.317 e. The van der Waals surface area contributed by atoms with E-state index in [1.54, 1.807) is 6.92 Å². The standard InChI is InChI=1S/C9H15NO3/c1-7(11)8(10)5-3-4-6-9(12)13-2/h7-8,11H,5-6,10H2,1-2H3. The van der Waals surface area contributed by atoms with Crippen LogP contribution >= 0.6 is 0 Å². The van der Waals surface area contributed by atoms with Gasteiger partial charge in [0.05, 0.1) is 13.2 Å². The molecule has 0 spiro atoms. The van der Waals surface area contributed by atoms with Crippen molar-refractivity contribution in [2.75, 3.05) is 7.11 Å². The van der Waals surface area contributed by atoms with Crippen molar-refractivity contribution >= 4 is 5.97 Å². The van der Waals surface area contributed by atoms with Gasteiger partial charge in [-0.25, -0.2) is 0 Å². The Balaban J connectivity index is 3.67. The summed E-state index contributed by atoms with van der Waals surface area (Å²) in [6.45, 7) is 1.60. The second-order valence-electron chi connectivity index (χ2n) is 2.72. The molecule has 0 saturated heterocycles. The van der Waals surface area contributed by atoms with E-state index in [0.29, 0.717) is 6.42 Å². The molecule has 3 N–H and O–H groups in total. The molecule has 74 valence electrons. The van der Waals surface area contributed by atoms with Gasteiger partial charge in [0.1, 0.15) is 6.42 Å². The maximum atomic E-state index is 10.6. The molecule has 0 aromatic carbocycles. The van der Waals surface area contributed by atoms with Crippen LogP contribution in [0.15, 0.2) is 0 Å². The Morgan fingerprint density at radius 2 is 2.23 bits per heavy atom. The molecule has 0 bridgehead atoms. The van der Waals surface area contributed by atoms with Crippen molar-refractivity contribution in [1.82, 2.24) is 0 Å². The van der Waals surface area contributed by atoms with Gasteiger partial charge in [0.2, 0.25) is 0 Å². The molecular weight excluding hydrogens is 170 g/mol. The number of rotatable bonds is 3. The fraction of sp³-hybridized carbons (Fsp3) is 0.667. The fourth-order valence-electron chi connectivity index (χ4n) is 0.567. The second-order valence-corrected chi connectivity index (χ2v) is 2.72. The van der Waals surface area contributed by atoms with Gasteiger partial charge in [0.25, 0.3) is 0 Å². The quantitative estimate of drug-likeness (QED) is 0.465. The van der Waals surface area contributed by atoms with E-state index in [9.17, 15) is 4.79 Å². The van der Waals surface area contributed by atoms with Crippen LogP contribution in [0.3, 0.4) is 0 Å². The first-order valence-corrected chi connectivity index (χ1v) is 4.04. The Morgan fingerprint density at radius 3 is 2.69 bits per heavy atom. The van der Waals surface area contributed by atoms with Crippen molar-refractivity contribution in [2.45, 2.75) is 31.9 Å². The lowest BCUT2D eigenvalue weighted by Gasteiger charge is -2.09. The maximum absolute atomic E-state index is 10.6. The largest absolute Gasteiger partial charge is 0.468 e. The highest BCUT2D eigenvalue weighted by Crippen LogP contribution is 1.93. The van der Waals surface area contributed by atoms with Gasteiger partial charge < -0.3 is 15.6 Å². The zero-order valence-corrected chi connectivity index (χ0v) is 7.91. The lowest BCUT2D eigenvalue weighted by atomic mass is 10.1. The third kappa shape index (κ3) is 6.14. The van der Waals surface area contributed by atoms with Crippen LogP contribution in [-0.4, -0.2) is 30.3 Å². The number of hydrogen-bond acceptors (Lipinski definition) is 4. The smallest absolute Gasteiger partial charge is 0.317 e. The minimum atomic E-state index is -0.576. The molecule has 0 aliphatic heterocycles. The van der Waals surface area contributed by atoms with Gasteiger partial charge in [0, 0.05) is 12.5 Å². The zero-order chi connectivity index (χ0) is 10.3. The summed E-state index contributed by atoms with van der Waals surface area (Å²) >= 11 is 0. The van der Waals surface area contributed by atoms with Crippen LogP contribution in [-0.2, 0) is 9.53 Å². The zero-order valence-electron chi connectivity index (χ0n) is 7.91. The van der Waals surface area contributed by atoms with E-state index >= 15 is 0 Å². The normalized spacial score (nSPS) is 13.8. The fourth-order valence-corrected chi connectivity index (χ4v) is 0.567. The van der Waals surface area contributed by atoms with Gasteiger partial charge in [-0.1, -0.05) is 5.92 Å². The molecule has 13 heavy (non-hydrogen) atoms. The highest BCUT2D eigenvalue weighted by Gasteiger charge is 2.06. The Morgan fingerprint density at radius 1 is 1.62 bits per heavy atom. The Kier molecular flexibility index (Phi) is 5.94. The molecular formula is C9H15NO3. The molecule has 2 atom stereocenters. The first kappa shape index (κ1) is 11.9. The van der Waals surface area contributed by atoms with E-state index in [1.807, 2.05) is 0 Å². The number of aliphatic hydroxyl groups is 1. The lowest BCUT2D eigenvalue weighted by molar-refractivity contribution is -0.139. The van der Waals surface area contributed by atoms with Crippen molar-refractivity contribution < 1.29 is 14.6 Å². The van der Waals surface area contributed by atoms with E-state index < -0.39 is 6.10 Å². The highest BCUT2D eigenvalue weighted by atomic mass is 16.5. The summed E-state index contributed by atoms with van der Waals surface area (Å²) < 4.78 is 4.38. The van der Waals surface area contributed by atoms with Gasteiger partial charge in [0.15, 0.2) is 0 Å². The van der Waals surface area contributed by atoms with Crippen molar-refractivity contribution in [1.29, 1.82) is 0 Å². The van der Waals surface area contributed by atoms with Gasteiger partial charge in [-0.3, -0.25) is 4.79 Å². The molecule has 0 aliphatic carbocycles. The van der Waals surface area contributed by atoms with Gasteiger partial charge in [-0.05, 0) is 6.92 Å². The average Bonchev–Trinajstić information content (AvgIpc) is 2.11. The molecule has 0 saturated carbocycles. The first-order chi connectivity index (χ1) is 6.07. The van der Waals surface area contributed by atoms with E-state index in [-0.39, 0.29) is 18.4 Å². The topological polar surface area (TPSA) is 72.5 Å². The molecule has 4 nitrogen and oxygen atoms in total. The van der Waals surface area contributed by atoms with Crippen LogP contribution in [0.2, 0.25) is 0 Å². The summed E-state index contributed by atoms with van der Waals surface area (Å²) in [5.74, 6) is 4.94. The van der Waals surface area contributed by atoms with E-state index in [2.05, 4.69) is 16.6 Å². The third-order valence-electron chi connectivity index (χ3n) is 1.54. The molecule has 0 aromatic rings. The number of carbonyl (C=O) groups is 1. The SMILES string of the molecule is COC(=O)CC#CCC(N)C(C)O. The molecule has 4 heteroatoms. The summed E-state index contributed by atoms with van der Waals surface area (Å²) in [5.41, 5.74) is 5.50. The van der Waals surface area contributed by atoms with Gasteiger partial charge >= 0.3 is 5.97 Å². The van der Waals surface area contributed by atoms with Crippen LogP contribution < -0.4 is 5.73 Å². The Labute approximate surface area is 78.1 Å². The molecule has 0 aliphatic rings. The van der Waals surface area contributed by atoms with Crippen LogP contribution in [0.4, 0.5) is 0 Å². The molecule has 0 amide bonds. The molecule has 2 unspecified atom stereocenters. The number of esters is 1. The summed E-state index contributed by atoms with van der Waals surface area (Å²) in [4.78, 5) is 10.6. The first-order valence-electron chi connectivity index (χ1n) is 4.04. The number of nitrogens with two attached hydrogens (primary N) is 1. The van der Waals surface area contributed by atoms with E-state index in [0.717, 1.165) is 0 Å². The second kappa shape index (κ2) is 6.46.